The van der Waals surface area contributed by atoms with E-state index in [4.69, 9.17) is 9.57 Å². The van der Waals surface area contributed by atoms with Crippen LogP contribution in [-0.2, 0) is 29.6 Å². The number of rotatable bonds is 9. The van der Waals surface area contributed by atoms with Gasteiger partial charge in [-0.3, -0.25) is 18.8 Å². The average Bonchev–Trinajstić information content (AvgIpc) is 3.71. The lowest BCUT2D eigenvalue weighted by atomic mass is 10.1. The summed E-state index contributed by atoms with van der Waals surface area (Å²) >= 11 is 0. The number of alkyl halides is 3. The maximum absolute atomic E-state index is 14.1. The number of para-hydroxylation sites is 1. The van der Waals surface area contributed by atoms with Crippen LogP contribution in [0.3, 0.4) is 0 Å². The largest absolute Gasteiger partial charge is 0.493 e. The standard InChI is InChI=1S/C30H32F4N6O5/c1-36-25-24(26(41)39(29(36)43)15-16-44-22-5-3-2-4-6-22)38(13-11-19-7-9-21(31)10-8-19)28(40(25)45-27(42)30(32,33)34)37-14-12-20-17-35-18-23(20)37/h2-10,20,23,28,35H,11-18H2,1H3. The van der Waals surface area contributed by atoms with E-state index in [0.717, 1.165) is 20.6 Å². The highest BCUT2D eigenvalue weighted by molar-refractivity contribution is 5.80. The molecule has 1 aromatic heterocycles. The van der Waals surface area contributed by atoms with Gasteiger partial charge in [-0.15, -0.1) is 5.06 Å². The Kier molecular flexibility index (Phi) is 8.31. The third-order valence-electron chi connectivity index (χ3n) is 8.56. The van der Waals surface area contributed by atoms with Crippen LogP contribution in [0, 0.1) is 11.7 Å². The fraction of sp³-hybridized carbons (Fsp3) is 0.433. The minimum absolute atomic E-state index is 0.0364. The number of nitrogens with zero attached hydrogens (tertiary/aromatic N) is 5. The summed E-state index contributed by atoms with van der Waals surface area (Å²) in [4.78, 5) is 48.5. The van der Waals surface area contributed by atoms with Crippen molar-refractivity contribution in [3.63, 3.8) is 0 Å². The third kappa shape index (κ3) is 5.89. The van der Waals surface area contributed by atoms with Crippen LogP contribution in [0.1, 0.15) is 12.0 Å². The third-order valence-corrected chi connectivity index (χ3v) is 8.56. The van der Waals surface area contributed by atoms with E-state index in [2.05, 4.69) is 5.32 Å². The number of likely N-dealkylation sites (tertiary alicyclic amines) is 1. The normalized spacial score (nSPS) is 21.2. The fourth-order valence-corrected chi connectivity index (χ4v) is 6.41. The number of carbonyl (C=O) groups is 1. The average molecular weight is 633 g/mol. The molecule has 15 heteroatoms. The predicted molar refractivity (Wildman–Crippen MR) is 155 cm³/mol. The van der Waals surface area contributed by atoms with E-state index in [-0.39, 0.29) is 49.6 Å². The van der Waals surface area contributed by atoms with E-state index >= 15 is 0 Å². The number of anilines is 2. The molecular weight excluding hydrogens is 600 g/mol. The Morgan fingerprint density at radius 1 is 1.02 bits per heavy atom. The first kappa shape index (κ1) is 30.6. The van der Waals surface area contributed by atoms with E-state index < -0.39 is 35.5 Å². The van der Waals surface area contributed by atoms with Crippen LogP contribution in [0.4, 0.5) is 29.1 Å². The van der Waals surface area contributed by atoms with Crippen LogP contribution in [0.2, 0.25) is 0 Å². The van der Waals surface area contributed by atoms with Crippen molar-refractivity contribution in [2.75, 3.05) is 42.7 Å². The van der Waals surface area contributed by atoms with Gasteiger partial charge >= 0.3 is 17.8 Å². The highest BCUT2D eigenvalue weighted by Crippen LogP contribution is 2.42. The Bertz CT molecular complexity index is 1660. The van der Waals surface area contributed by atoms with E-state index in [1.165, 1.54) is 19.2 Å². The first-order chi connectivity index (χ1) is 21.5. The zero-order valence-electron chi connectivity index (χ0n) is 24.4. The summed E-state index contributed by atoms with van der Waals surface area (Å²) in [6.45, 7) is 1.61. The molecule has 3 unspecified atom stereocenters. The molecule has 6 rings (SSSR count). The predicted octanol–water partition coefficient (Wildman–Crippen LogP) is 2.23. The first-order valence-corrected chi connectivity index (χ1v) is 14.6. The summed E-state index contributed by atoms with van der Waals surface area (Å²) in [5, 5.41) is 4.05. The molecule has 0 saturated carbocycles. The van der Waals surface area contributed by atoms with Crippen LogP contribution in [-0.4, -0.2) is 71.3 Å². The molecule has 0 radical (unpaired) electrons. The Hall–Kier alpha value is -4.37. The van der Waals surface area contributed by atoms with Crippen molar-refractivity contribution in [3.8, 4) is 5.75 Å². The van der Waals surface area contributed by atoms with Gasteiger partial charge in [0.1, 0.15) is 18.2 Å². The van der Waals surface area contributed by atoms with E-state index in [0.29, 0.717) is 30.9 Å². The van der Waals surface area contributed by atoms with E-state index in [9.17, 15) is 31.9 Å². The smallest absolute Gasteiger partial charge is 0.492 e. The Labute approximate surface area is 255 Å². The van der Waals surface area contributed by atoms with Crippen LogP contribution in [0.25, 0.3) is 0 Å². The maximum atomic E-state index is 14.1. The molecule has 2 saturated heterocycles. The van der Waals surface area contributed by atoms with Gasteiger partial charge in [-0.1, -0.05) is 30.3 Å². The summed E-state index contributed by atoms with van der Waals surface area (Å²) in [7, 11) is 1.31. The van der Waals surface area contributed by atoms with Crippen molar-refractivity contribution >= 4 is 17.5 Å². The Morgan fingerprint density at radius 3 is 2.47 bits per heavy atom. The molecule has 3 aliphatic rings. The molecule has 0 aliphatic carbocycles. The molecule has 3 aromatic rings. The lowest BCUT2D eigenvalue weighted by molar-refractivity contribution is -0.203. The van der Waals surface area contributed by atoms with E-state index in [1.807, 2.05) is 11.0 Å². The molecule has 2 aromatic carbocycles. The summed E-state index contributed by atoms with van der Waals surface area (Å²) in [6, 6.07) is 14.4. The monoisotopic (exact) mass is 632 g/mol. The molecule has 3 atom stereocenters. The molecule has 0 bridgehead atoms. The zero-order valence-corrected chi connectivity index (χ0v) is 24.4. The molecule has 0 amide bonds. The fourth-order valence-electron chi connectivity index (χ4n) is 6.41. The number of halogens is 4. The summed E-state index contributed by atoms with van der Waals surface area (Å²) in [5.74, 6) is -2.44. The van der Waals surface area contributed by atoms with Gasteiger partial charge in [-0.25, -0.2) is 14.0 Å². The molecule has 3 aliphatic heterocycles. The van der Waals surface area contributed by atoms with Crippen molar-refractivity contribution < 1.29 is 31.9 Å². The van der Waals surface area contributed by atoms with Crippen LogP contribution >= 0.6 is 0 Å². The molecule has 45 heavy (non-hydrogen) atoms. The number of benzene rings is 2. The maximum Gasteiger partial charge on any atom is 0.493 e. The number of hydrogen-bond donors (Lipinski definition) is 1. The van der Waals surface area contributed by atoms with E-state index in [1.54, 1.807) is 41.3 Å². The van der Waals surface area contributed by atoms with Crippen molar-refractivity contribution in [2.45, 2.75) is 37.9 Å². The van der Waals surface area contributed by atoms with Gasteiger partial charge in [0.2, 0.25) is 0 Å². The zero-order chi connectivity index (χ0) is 31.9. The molecule has 1 N–H and O–H groups in total. The van der Waals surface area contributed by atoms with Crippen LogP contribution in [0.5, 0.6) is 5.75 Å². The minimum atomic E-state index is -5.34. The number of aromatic nitrogens is 2. The quantitative estimate of drug-likeness (QED) is 0.356. The van der Waals surface area contributed by atoms with Crippen molar-refractivity contribution in [1.29, 1.82) is 0 Å². The van der Waals surface area contributed by atoms with Gasteiger partial charge in [0.05, 0.1) is 6.54 Å². The molecule has 4 heterocycles. The molecule has 0 spiro atoms. The first-order valence-electron chi connectivity index (χ1n) is 14.6. The second kappa shape index (κ2) is 12.2. The number of hydroxylamine groups is 1. The van der Waals surface area contributed by atoms with Crippen LogP contribution < -0.4 is 31.3 Å². The van der Waals surface area contributed by atoms with Gasteiger partial charge in [0, 0.05) is 32.7 Å². The SMILES string of the molecule is Cn1c2c(c(=O)n(CCOc3ccccc3)c1=O)N(CCc1ccc(F)cc1)C(N1CCC3CNCC31)N2OC(=O)C(F)(F)F. The lowest BCUT2D eigenvalue weighted by Crippen LogP contribution is -2.59. The summed E-state index contributed by atoms with van der Waals surface area (Å²) < 4.78 is 62.1. The topological polar surface area (TPSA) is 101 Å². The van der Waals surface area contributed by atoms with Crippen LogP contribution in [0.15, 0.2) is 64.2 Å². The molecule has 11 nitrogen and oxygen atoms in total. The van der Waals surface area contributed by atoms with Gasteiger partial charge in [-0.05, 0) is 55.1 Å². The highest BCUT2D eigenvalue weighted by atomic mass is 19.4. The Balaban J connectivity index is 1.44. The minimum Gasteiger partial charge on any atom is -0.492 e. The second-order valence-electron chi connectivity index (χ2n) is 11.3. The lowest BCUT2D eigenvalue weighted by Gasteiger charge is -2.39. The van der Waals surface area contributed by atoms with Gasteiger partial charge in [0.15, 0.2) is 17.8 Å². The molecular formula is C30H32F4N6O5. The molecule has 2 fully saturated rings. The van der Waals surface area contributed by atoms with Gasteiger partial charge in [0.25, 0.3) is 5.56 Å². The number of hydrogen-bond acceptors (Lipinski definition) is 9. The molecule has 240 valence electrons. The highest BCUT2D eigenvalue weighted by Gasteiger charge is 2.54. The van der Waals surface area contributed by atoms with Crippen molar-refractivity contribution in [1.82, 2.24) is 19.4 Å². The number of carbonyl (C=O) groups excluding carboxylic acids is 1. The van der Waals surface area contributed by atoms with Gasteiger partial charge < -0.3 is 19.8 Å². The summed E-state index contributed by atoms with van der Waals surface area (Å²) in [6.07, 6.45) is -5.48. The summed E-state index contributed by atoms with van der Waals surface area (Å²) in [5.41, 5.74) is -0.955. The van der Waals surface area contributed by atoms with Crippen molar-refractivity contribution in [3.05, 3.63) is 86.8 Å². The second-order valence-corrected chi connectivity index (χ2v) is 11.3. The Morgan fingerprint density at radius 2 is 1.76 bits per heavy atom. The van der Waals surface area contributed by atoms with Crippen molar-refractivity contribution in [2.24, 2.45) is 13.0 Å². The number of nitrogens with one attached hydrogen (secondary N) is 1. The van der Waals surface area contributed by atoms with Gasteiger partial charge in [-0.2, -0.15) is 13.2 Å². The number of fused-ring (bicyclic) bond motifs is 2. The number of ether oxygens (including phenoxy) is 1.